The van der Waals surface area contributed by atoms with Gasteiger partial charge in [-0.25, -0.2) is 4.39 Å². The number of carbonyl (C=O) groups is 1. The normalized spacial score (nSPS) is 16.9. The third kappa shape index (κ3) is 4.88. The van der Waals surface area contributed by atoms with Crippen LogP contribution in [0.5, 0.6) is 0 Å². The van der Waals surface area contributed by atoms with Crippen LogP contribution in [0.25, 0.3) is 11.5 Å². The summed E-state index contributed by atoms with van der Waals surface area (Å²) in [6, 6.07) is 5.99. The van der Waals surface area contributed by atoms with Crippen molar-refractivity contribution in [3.63, 3.8) is 0 Å². The Balaban J connectivity index is 1.29. The molecule has 1 aromatic carbocycles. The number of benzene rings is 1. The van der Waals surface area contributed by atoms with Gasteiger partial charge in [-0.15, -0.1) is 0 Å². The number of hydrogen-bond acceptors (Lipinski definition) is 5. The predicted molar refractivity (Wildman–Crippen MR) is 104 cm³/mol. The Morgan fingerprint density at radius 1 is 1.31 bits per heavy atom. The van der Waals surface area contributed by atoms with E-state index in [4.69, 9.17) is 4.52 Å². The Bertz CT molecular complexity index is 966. The highest BCUT2D eigenvalue weighted by Crippen LogP contribution is 2.23. The van der Waals surface area contributed by atoms with Crippen molar-refractivity contribution in [2.45, 2.75) is 39.2 Å². The molecule has 4 rings (SSSR count). The smallest absolute Gasteiger partial charge is 0.257 e. The molecule has 0 aliphatic carbocycles. The van der Waals surface area contributed by atoms with Gasteiger partial charge >= 0.3 is 0 Å². The number of rotatable bonds is 6. The van der Waals surface area contributed by atoms with Gasteiger partial charge < -0.3 is 9.42 Å². The summed E-state index contributed by atoms with van der Waals surface area (Å²) in [5, 5.41) is 8.24. The van der Waals surface area contributed by atoms with Crippen LogP contribution >= 0.6 is 0 Å². The summed E-state index contributed by atoms with van der Waals surface area (Å²) in [4.78, 5) is 18.9. The fourth-order valence-electron chi connectivity index (χ4n) is 3.72. The number of aromatic nitrogens is 4. The number of amides is 1. The molecule has 1 aliphatic heterocycles. The van der Waals surface area contributed by atoms with Crippen molar-refractivity contribution in [1.82, 2.24) is 24.8 Å². The van der Waals surface area contributed by atoms with E-state index in [1.165, 1.54) is 12.1 Å². The predicted octanol–water partition coefficient (Wildman–Crippen LogP) is 3.25. The maximum absolute atomic E-state index is 13.0. The average Bonchev–Trinajstić information content (AvgIpc) is 3.36. The van der Waals surface area contributed by atoms with E-state index >= 15 is 0 Å². The Morgan fingerprint density at radius 3 is 2.90 bits per heavy atom. The third-order valence-corrected chi connectivity index (χ3v) is 5.27. The number of nitrogens with zero attached hydrogens (tertiary/aromatic N) is 5. The van der Waals surface area contributed by atoms with Crippen LogP contribution in [0.4, 0.5) is 4.39 Å². The molecule has 3 aromatic rings. The van der Waals surface area contributed by atoms with Gasteiger partial charge in [0.1, 0.15) is 12.4 Å². The first-order chi connectivity index (χ1) is 14.1. The molecular formula is C21H24FN5O2. The molecule has 1 amide bonds. The van der Waals surface area contributed by atoms with Crippen molar-refractivity contribution in [2.75, 3.05) is 13.1 Å². The summed E-state index contributed by atoms with van der Waals surface area (Å²) >= 11 is 0. The maximum atomic E-state index is 13.0. The second kappa shape index (κ2) is 8.55. The van der Waals surface area contributed by atoms with E-state index in [0.717, 1.165) is 37.9 Å². The van der Waals surface area contributed by atoms with E-state index in [1.54, 1.807) is 23.0 Å². The second-order valence-corrected chi connectivity index (χ2v) is 7.62. The molecule has 2 aromatic heterocycles. The molecule has 1 saturated heterocycles. The Hall–Kier alpha value is -3.03. The lowest BCUT2D eigenvalue weighted by Crippen LogP contribution is -2.41. The maximum Gasteiger partial charge on any atom is 0.257 e. The first kappa shape index (κ1) is 19.3. The fraction of sp³-hybridized carbons (Fsp3) is 0.429. The van der Waals surface area contributed by atoms with Gasteiger partial charge in [0, 0.05) is 31.3 Å². The summed E-state index contributed by atoms with van der Waals surface area (Å²) in [7, 11) is 0. The highest BCUT2D eigenvalue weighted by molar-refractivity contribution is 5.76. The van der Waals surface area contributed by atoms with Crippen molar-refractivity contribution in [3.05, 3.63) is 53.9 Å². The lowest BCUT2D eigenvalue weighted by molar-refractivity contribution is -0.133. The molecule has 1 aliphatic rings. The number of aryl methyl sites for hydroxylation is 2. The molecule has 7 nitrogen and oxygen atoms in total. The van der Waals surface area contributed by atoms with Gasteiger partial charge in [0.15, 0.2) is 5.82 Å². The van der Waals surface area contributed by atoms with E-state index in [0.29, 0.717) is 29.6 Å². The zero-order valence-electron chi connectivity index (χ0n) is 16.4. The largest absolute Gasteiger partial charge is 0.341 e. The summed E-state index contributed by atoms with van der Waals surface area (Å²) in [5.74, 6) is 1.26. The van der Waals surface area contributed by atoms with E-state index in [2.05, 4.69) is 15.2 Å². The van der Waals surface area contributed by atoms with E-state index < -0.39 is 0 Å². The number of likely N-dealkylation sites (tertiary alicyclic amines) is 1. The van der Waals surface area contributed by atoms with Crippen LogP contribution in [-0.4, -0.2) is 43.8 Å². The van der Waals surface area contributed by atoms with Gasteiger partial charge in [0.2, 0.25) is 5.91 Å². The first-order valence-corrected chi connectivity index (χ1v) is 9.92. The monoisotopic (exact) mass is 397 g/mol. The van der Waals surface area contributed by atoms with E-state index in [9.17, 15) is 9.18 Å². The average molecular weight is 397 g/mol. The van der Waals surface area contributed by atoms with Crippen LogP contribution in [0.15, 0.2) is 41.2 Å². The standard InChI is InChI=1S/C21H24FN5O2/c1-15-11-23-27(12-15)14-20(28)26-10-2-3-16(13-26)4-9-19-24-21(29-25-19)17-5-7-18(22)8-6-17/h5-8,11-12,16H,2-4,9-10,13-14H2,1H3. The van der Waals surface area contributed by atoms with Crippen LogP contribution in [-0.2, 0) is 17.8 Å². The van der Waals surface area contributed by atoms with Crippen LogP contribution < -0.4 is 0 Å². The number of hydrogen-bond donors (Lipinski definition) is 0. The van der Waals surface area contributed by atoms with Gasteiger partial charge in [0.05, 0.1) is 6.20 Å². The Morgan fingerprint density at radius 2 is 2.14 bits per heavy atom. The van der Waals surface area contributed by atoms with Crippen LogP contribution in [0.3, 0.4) is 0 Å². The molecular weight excluding hydrogens is 373 g/mol. The van der Waals surface area contributed by atoms with Gasteiger partial charge in [-0.05, 0) is 61.9 Å². The third-order valence-electron chi connectivity index (χ3n) is 5.27. The minimum absolute atomic E-state index is 0.107. The van der Waals surface area contributed by atoms with Crippen molar-refractivity contribution >= 4 is 5.91 Å². The quantitative estimate of drug-likeness (QED) is 0.638. The second-order valence-electron chi connectivity index (χ2n) is 7.62. The molecule has 3 heterocycles. The van der Waals surface area contributed by atoms with E-state index in [1.807, 2.05) is 18.0 Å². The topological polar surface area (TPSA) is 77.0 Å². The molecule has 8 heteroatoms. The van der Waals surface area contributed by atoms with Gasteiger partial charge in [0.25, 0.3) is 5.89 Å². The lowest BCUT2D eigenvalue weighted by Gasteiger charge is -2.32. The lowest BCUT2D eigenvalue weighted by atomic mass is 9.93. The molecule has 1 fully saturated rings. The SMILES string of the molecule is Cc1cnn(CC(=O)N2CCCC(CCc3noc(-c4ccc(F)cc4)n3)C2)c1. The molecule has 1 unspecified atom stereocenters. The number of halogens is 1. The first-order valence-electron chi connectivity index (χ1n) is 9.92. The van der Waals surface area contributed by atoms with Gasteiger partial charge in [-0.2, -0.15) is 10.1 Å². The molecule has 0 saturated carbocycles. The van der Waals surface area contributed by atoms with Crippen LogP contribution in [0.2, 0.25) is 0 Å². The highest BCUT2D eigenvalue weighted by Gasteiger charge is 2.24. The van der Waals surface area contributed by atoms with Crippen molar-refractivity contribution < 1.29 is 13.7 Å². The Labute approximate surface area is 168 Å². The minimum atomic E-state index is -0.299. The minimum Gasteiger partial charge on any atom is -0.341 e. The van der Waals surface area contributed by atoms with Crippen molar-refractivity contribution in [3.8, 4) is 11.5 Å². The molecule has 0 spiro atoms. The van der Waals surface area contributed by atoms with E-state index in [-0.39, 0.29) is 18.3 Å². The molecule has 29 heavy (non-hydrogen) atoms. The summed E-state index contributed by atoms with van der Waals surface area (Å²) < 4.78 is 20.0. The van der Waals surface area contributed by atoms with Crippen molar-refractivity contribution in [2.24, 2.45) is 5.92 Å². The Kier molecular flexibility index (Phi) is 5.69. The zero-order valence-corrected chi connectivity index (χ0v) is 16.4. The molecule has 1 atom stereocenters. The molecule has 152 valence electrons. The van der Waals surface area contributed by atoms with Crippen LogP contribution in [0, 0.1) is 18.7 Å². The molecule has 0 N–H and O–H groups in total. The fourth-order valence-corrected chi connectivity index (χ4v) is 3.72. The molecule has 0 bridgehead atoms. The summed E-state index contributed by atoms with van der Waals surface area (Å²) in [6.45, 7) is 3.80. The van der Waals surface area contributed by atoms with Crippen LogP contribution in [0.1, 0.15) is 30.7 Å². The zero-order chi connectivity index (χ0) is 20.2. The summed E-state index contributed by atoms with van der Waals surface area (Å²) in [6.07, 6.45) is 7.32. The highest BCUT2D eigenvalue weighted by atomic mass is 19.1. The number of piperidine rings is 1. The van der Waals surface area contributed by atoms with Crippen molar-refractivity contribution in [1.29, 1.82) is 0 Å². The molecule has 0 radical (unpaired) electrons. The summed E-state index contributed by atoms with van der Waals surface area (Å²) in [5.41, 5.74) is 1.75. The number of carbonyl (C=O) groups excluding carboxylic acids is 1. The van der Waals surface area contributed by atoms with Gasteiger partial charge in [-0.3, -0.25) is 9.48 Å². The van der Waals surface area contributed by atoms with Gasteiger partial charge in [-0.1, -0.05) is 5.16 Å².